The first-order valence-corrected chi connectivity index (χ1v) is 10.7. The first kappa shape index (κ1) is 20.2. The molecule has 156 valence electrons. The van der Waals surface area contributed by atoms with Gasteiger partial charge < -0.3 is 14.7 Å². The van der Waals surface area contributed by atoms with E-state index < -0.39 is 5.82 Å². The zero-order chi connectivity index (χ0) is 21.1. The van der Waals surface area contributed by atoms with Crippen molar-refractivity contribution < 1.29 is 9.18 Å². The van der Waals surface area contributed by atoms with Gasteiger partial charge in [-0.2, -0.15) is 5.26 Å². The van der Waals surface area contributed by atoms with Crippen LogP contribution in [0.3, 0.4) is 0 Å². The smallest absolute Gasteiger partial charge is 0.256 e. The summed E-state index contributed by atoms with van der Waals surface area (Å²) in [7, 11) is 0. The SMILES string of the molecule is CCc1ccc(N2CCCC2)c(C(=O)N2CCN(c3ccc(C#N)c(F)c3)CC2)c1. The Kier molecular flexibility index (Phi) is 5.89. The van der Waals surface area contributed by atoms with E-state index in [1.165, 1.54) is 30.5 Å². The minimum atomic E-state index is -0.500. The molecule has 2 aliphatic rings. The predicted octanol–water partition coefficient (Wildman–Crippen LogP) is 3.82. The van der Waals surface area contributed by atoms with E-state index >= 15 is 0 Å². The Labute approximate surface area is 177 Å². The average Bonchev–Trinajstić information content (AvgIpc) is 3.33. The fraction of sp³-hybridized carbons (Fsp3) is 0.417. The summed E-state index contributed by atoms with van der Waals surface area (Å²) >= 11 is 0. The van der Waals surface area contributed by atoms with Crippen LogP contribution in [0.4, 0.5) is 15.8 Å². The molecule has 5 nitrogen and oxygen atoms in total. The van der Waals surface area contributed by atoms with Crippen molar-refractivity contribution in [2.24, 2.45) is 0 Å². The quantitative estimate of drug-likeness (QED) is 0.775. The zero-order valence-corrected chi connectivity index (χ0v) is 17.4. The van der Waals surface area contributed by atoms with Gasteiger partial charge in [0.25, 0.3) is 5.91 Å². The number of hydrogen-bond donors (Lipinski definition) is 0. The molecule has 1 amide bonds. The minimum Gasteiger partial charge on any atom is -0.371 e. The topological polar surface area (TPSA) is 50.6 Å². The van der Waals surface area contributed by atoms with E-state index in [1.54, 1.807) is 6.07 Å². The molecule has 0 unspecified atom stereocenters. The number of benzene rings is 2. The number of nitriles is 1. The van der Waals surface area contributed by atoms with E-state index in [0.717, 1.165) is 36.4 Å². The summed E-state index contributed by atoms with van der Waals surface area (Å²) in [6.45, 7) is 6.59. The summed E-state index contributed by atoms with van der Waals surface area (Å²) in [6.07, 6.45) is 3.24. The van der Waals surface area contributed by atoms with Crippen LogP contribution in [0.25, 0.3) is 0 Å². The first-order valence-electron chi connectivity index (χ1n) is 10.7. The van der Waals surface area contributed by atoms with E-state index in [0.29, 0.717) is 26.2 Å². The average molecular weight is 407 g/mol. The maximum atomic E-state index is 14.0. The highest BCUT2D eigenvalue weighted by molar-refractivity contribution is 6.00. The van der Waals surface area contributed by atoms with Crippen LogP contribution in [-0.4, -0.2) is 50.1 Å². The molecule has 2 fully saturated rings. The number of amides is 1. The molecule has 30 heavy (non-hydrogen) atoms. The van der Waals surface area contributed by atoms with Crippen molar-refractivity contribution in [1.29, 1.82) is 5.26 Å². The molecule has 0 spiro atoms. The molecule has 0 radical (unpaired) electrons. The number of nitrogens with zero attached hydrogens (tertiary/aromatic N) is 4. The van der Waals surface area contributed by atoms with Crippen LogP contribution in [0.2, 0.25) is 0 Å². The molecule has 0 bridgehead atoms. The highest BCUT2D eigenvalue weighted by Crippen LogP contribution is 2.28. The lowest BCUT2D eigenvalue weighted by molar-refractivity contribution is 0.0747. The van der Waals surface area contributed by atoms with Gasteiger partial charge >= 0.3 is 0 Å². The van der Waals surface area contributed by atoms with Crippen LogP contribution >= 0.6 is 0 Å². The van der Waals surface area contributed by atoms with Crippen molar-refractivity contribution in [2.45, 2.75) is 26.2 Å². The molecule has 6 heteroatoms. The summed E-state index contributed by atoms with van der Waals surface area (Å²) < 4.78 is 14.0. The first-order chi connectivity index (χ1) is 14.6. The summed E-state index contributed by atoms with van der Waals surface area (Å²) in [5.41, 5.74) is 3.83. The number of hydrogen-bond acceptors (Lipinski definition) is 4. The molecule has 4 rings (SSSR count). The van der Waals surface area contributed by atoms with Gasteiger partial charge in [-0.3, -0.25) is 4.79 Å². The lowest BCUT2D eigenvalue weighted by atomic mass is 10.0. The molecule has 0 atom stereocenters. The Hall–Kier alpha value is -3.07. The van der Waals surface area contributed by atoms with Gasteiger partial charge in [0.05, 0.1) is 11.1 Å². The van der Waals surface area contributed by atoms with Gasteiger partial charge in [0.1, 0.15) is 11.9 Å². The van der Waals surface area contributed by atoms with E-state index in [4.69, 9.17) is 5.26 Å². The molecule has 0 saturated carbocycles. The maximum Gasteiger partial charge on any atom is 0.256 e. The van der Waals surface area contributed by atoms with Crippen molar-refractivity contribution in [2.75, 3.05) is 49.1 Å². The molecular formula is C24H27FN4O. The van der Waals surface area contributed by atoms with Crippen LogP contribution in [0.5, 0.6) is 0 Å². The van der Waals surface area contributed by atoms with Crippen molar-refractivity contribution in [1.82, 2.24) is 4.90 Å². The predicted molar refractivity (Wildman–Crippen MR) is 116 cm³/mol. The number of carbonyl (C=O) groups excluding carboxylic acids is 1. The Balaban J connectivity index is 1.49. The molecule has 2 saturated heterocycles. The second kappa shape index (κ2) is 8.74. The second-order valence-corrected chi connectivity index (χ2v) is 7.95. The number of anilines is 2. The second-order valence-electron chi connectivity index (χ2n) is 7.95. The molecule has 2 aromatic rings. The number of carbonyl (C=O) groups is 1. The van der Waals surface area contributed by atoms with Gasteiger partial charge in [-0.1, -0.05) is 13.0 Å². The van der Waals surface area contributed by atoms with Crippen LogP contribution in [0.1, 0.15) is 41.3 Å². The van der Waals surface area contributed by atoms with E-state index in [1.807, 2.05) is 11.0 Å². The lowest BCUT2D eigenvalue weighted by Crippen LogP contribution is -2.49. The normalized spacial score (nSPS) is 16.6. The molecular weight excluding hydrogens is 379 g/mol. The maximum absolute atomic E-state index is 14.0. The summed E-state index contributed by atoms with van der Waals surface area (Å²) in [5.74, 6) is -0.419. The molecule has 0 aromatic heterocycles. The van der Waals surface area contributed by atoms with Gasteiger partial charge in [-0.25, -0.2) is 4.39 Å². The Bertz CT molecular complexity index is 970. The van der Waals surface area contributed by atoms with Crippen molar-refractivity contribution >= 4 is 17.3 Å². The highest BCUT2D eigenvalue weighted by Gasteiger charge is 2.27. The van der Waals surface area contributed by atoms with Crippen LogP contribution in [0, 0.1) is 17.1 Å². The number of piperazine rings is 1. The molecule has 0 N–H and O–H groups in total. The third kappa shape index (κ3) is 3.97. The zero-order valence-electron chi connectivity index (χ0n) is 17.4. The monoisotopic (exact) mass is 406 g/mol. The Morgan fingerprint density at radius 2 is 1.73 bits per heavy atom. The van der Waals surface area contributed by atoms with Crippen molar-refractivity contribution in [3.8, 4) is 6.07 Å². The van der Waals surface area contributed by atoms with E-state index in [9.17, 15) is 9.18 Å². The Morgan fingerprint density at radius 1 is 1.00 bits per heavy atom. The van der Waals surface area contributed by atoms with E-state index in [2.05, 4.69) is 34.9 Å². The summed E-state index contributed by atoms with van der Waals surface area (Å²) in [6, 6.07) is 12.8. The third-order valence-corrected chi connectivity index (χ3v) is 6.15. The van der Waals surface area contributed by atoms with Gasteiger partial charge in [-0.15, -0.1) is 0 Å². The number of halogens is 1. The third-order valence-electron chi connectivity index (χ3n) is 6.15. The molecule has 2 aromatic carbocycles. The van der Waals surface area contributed by atoms with Gasteiger partial charge in [0.2, 0.25) is 0 Å². The summed E-state index contributed by atoms with van der Waals surface area (Å²) in [4.78, 5) is 19.7. The standard InChI is InChI=1S/C24H27FN4O/c1-2-18-5-8-23(28-9-3-4-10-28)21(15-18)24(30)29-13-11-27(12-14-29)20-7-6-19(17-26)22(25)16-20/h5-8,15-16H,2-4,9-14H2,1H3. The largest absolute Gasteiger partial charge is 0.371 e. The van der Waals surface area contributed by atoms with Crippen molar-refractivity contribution in [3.63, 3.8) is 0 Å². The van der Waals surface area contributed by atoms with Crippen LogP contribution in [-0.2, 0) is 6.42 Å². The number of rotatable bonds is 4. The molecule has 0 aliphatic carbocycles. The van der Waals surface area contributed by atoms with Crippen LogP contribution < -0.4 is 9.80 Å². The Morgan fingerprint density at radius 3 is 2.37 bits per heavy atom. The minimum absolute atomic E-state index is 0.0535. The van der Waals surface area contributed by atoms with E-state index in [-0.39, 0.29) is 11.5 Å². The highest BCUT2D eigenvalue weighted by atomic mass is 19.1. The molecule has 2 aliphatic heterocycles. The fourth-order valence-corrected chi connectivity index (χ4v) is 4.34. The van der Waals surface area contributed by atoms with Crippen LogP contribution in [0.15, 0.2) is 36.4 Å². The van der Waals surface area contributed by atoms with Crippen molar-refractivity contribution in [3.05, 3.63) is 58.9 Å². The van der Waals surface area contributed by atoms with Gasteiger partial charge in [0.15, 0.2) is 0 Å². The fourth-order valence-electron chi connectivity index (χ4n) is 4.34. The number of aryl methyl sites for hydroxylation is 1. The lowest BCUT2D eigenvalue weighted by Gasteiger charge is -2.37. The van der Waals surface area contributed by atoms with Gasteiger partial charge in [0, 0.05) is 50.6 Å². The summed E-state index contributed by atoms with van der Waals surface area (Å²) in [5, 5.41) is 8.91. The molecule has 2 heterocycles. The van der Waals surface area contributed by atoms with Gasteiger partial charge in [-0.05, 0) is 55.2 Å².